The van der Waals surface area contributed by atoms with E-state index in [1.165, 1.54) is 27.5 Å². The molecule has 1 aliphatic rings. The van der Waals surface area contributed by atoms with Crippen molar-refractivity contribution in [1.82, 2.24) is 0 Å². The molecule has 0 aliphatic heterocycles. The lowest BCUT2D eigenvalue weighted by Crippen LogP contribution is -1.86. The smallest absolute Gasteiger partial charge is 0.00666 e. The summed E-state index contributed by atoms with van der Waals surface area (Å²) in [6, 6.07) is 15.2. The Labute approximate surface area is 102 Å². The molecule has 1 unspecified atom stereocenters. The van der Waals surface area contributed by atoms with E-state index in [0.29, 0.717) is 5.92 Å². The second-order valence-corrected chi connectivity index (χ2v) is 4.82. The third-order valence-corrected chi connectivity index (χ3v) is 3.45. The van der Waals surface area contributed by atoms with Crippen molar-refractivity contribution in [2.75, 3.05) is 0 Å². The number of hydrogen-bond donors (Lipinski definition) is 0. The predicted octanol–water partition coefficient (Wildman–Crippen LogP) is 4.82. The zero-order valence-electron chi connectivity index (χ0n) is 10.3. The molecule has 0 aromatic heterocycles. The average molecular weight is 220 g/mol. The molecule has 84 valence electrons. The molecule has 0 amide bonds. The van der Waals surface area contributed by atoms with Crippen molar-refractivity contribution in [3.05, 3.63) is 65.8 Å². The first-order chi connectivity index (χ1) is 8.25. The van der Waals surface area contributed by atoms with Gasteiger partial charge in [-0.05, 0) is 40.3 Å². The molecule has 0 nitrogen and oxygen atoms in total. The fourth-order valence-corrected chi connectivity index (χ4v) is 2.69. The van der Waals surface area contributed by atoms with E-state index in [1.807, 2.05) is 0 Å². The van der Waals surface area contributed by atoms with Crippen molar-refractivity contribution in [2.45, 2.75) is 13.8 Å². The summed E-state index contributed by atoms with van der Waals surface area (Å²) in [6.07, 6.45) is 4.69. The van der Waals surface area contributed by atoms with E-state index in [1.54, 1.807) is 0 Å². The van der Waals surface area contributed by atoms with E-state index in [9.17, 15) is 0 Å². The monoisotopic (exact) mass is 220 g/mol. The molecule has 0 saturated heterocycles. The van der Waals surface area contributed by atoms with Gasteiger partial charge in [-0.3, -0.25) is 0 Å². The maximum absolute atomic E-state index is 2.36. The van der Waals surface area contributed by atoms with Gasteiger partial charge in [0.15, 0.2) is 0 Å². The van der Waals surface area contributed by atoms with Crippen molar-refractivity contribution in [1.29, 1.82) is 0 Å². The van der Waals surface area contributed by atoms with Crippen molar-refractivity contribution in [3.63, 3.8) is 0 Å². The molecule has 2 aromatic carbocycles. The molecular weight excluding hydrogens is 204 g/mol. The molecule has 1 aliphatic carbocycles. The van der Waals surface area contributed by atoms with Gasteiger partial charge in [-0.2, -0.15) is 0 Å². The van der Waals surface area contributed by atoms with Crippen LogP contribution < -0.4 is 0 Å². The molecule has 3 rings (SSSR count). The molecule has 17 heavy (non-hydrogen) atoms. The summed E-state index contributed by atoms with van der Waals surface area (Å²) < 4.78 is 0. The van der Waals surface area contributed by atoms with Crippen LogP contribution in [0.1, 0.15) is 19.4 Å². The van der Waals surface area contributed by atoms with Gasteiger partial charge in [-0.1, -0.05) is 61.5 Å². The number of benzene rings is 2. The van der Waals surface area contributed by atoms with E-state index >= 15 is 0 Å². The average Bonchev–Trinajstić information content (AvgIpc) is 2.68. The quantitative estimate of drug-likeness (QED) is 0.646. The SMILES string of the molecule is CC1=CC(C)C=C1c1cccc2ccccc12. The minimum Gasteiger partial charge on any atom is -0.0743 e. The van der Waals surface area contributed by atoms with Crippen LogP contribution in [0.5, 0.6) is 0 Å². The number of fused-ring (bicyclic) bond motifs is 1. The highest BCUT2D eigenvalue weighted by Gasteiger charge is 2.14. The highest BCUT2D eigenvalue weighted by Crippen LogP contribution is 2.35. The third-order valence-electron chi connectivity index (χ3n) is 3.45. The molecule has 0 N–H and O–H groups in total. The summed E-state index contributed by atoms with van der Waals surface area (Å²) in [5, 5.41) is 2.67. The highest BCUT2D eigenvalue weighted by atomic mass is 14.2. The Kier molecular flexibility index (Phi) is 2.36. The van der Waals surface area contributed by atoms with Gasteiger partial charge >= 0.3 is 0 Å². The van der Waals surface area contributed by atoms with Gasteiger partial charge in [0.1, 0.15) is 0 Å². The second kappa shape index (κ2) is 3.89. The Hall–Kier alpha value is -1.82. The standard InChI is InChI=1S/C17H16/c1-12-10-13(2)17(11-12)16-9-5-7-14-6-3-4-8-15(14)16/h3-12H,1-2H3. The maximum atomic E-state index is 2.36. The zero-order chi connectivity index (χ0) is 11.8. The highest BCUT2D eigenvalue weighted by molar-refractivity contribution is 5.98. The van der Waals surface area contributed by atoms with Crippen molar-refractivity contribution >= 4 is 16.3 Å². The lowest BCUT2D eigenvalue weighted by Gasteiger charge is -2.08. The van der Waals surface area contributed by atoms with Crippen LogP contribution in [-0.4, -0.2) is 0 Å². The molecule has 0 saturated carbocycles. The van der Waals surface area contributed by atoms with Gasteiger partial charge in [-0.25, -0.2) is 0 Å². The van der Waals surface area contributed by atoms with Crippen molar-refractivity contribution in [3.8, 4) is 0 Å². The minimum atomic E-state index is 0.559. The Balaban J connectivity index is 2.26. The lowest BCUT2D eigenvalue weighted by atomic mass is 9.96. The van der Waals surface area contributed by atoms with Crippen LogP contribution in [-0.2, 0) is 0 Å². The molecule has 0 heteroatoms. The summed E-state index contributed by atoms with van der Waals surface area (Å²) in [4.78, 5) is 0. The van der Waals surface area contributed by atoms with E-state index < -0.39 is 0 Å². The first kappa shape index (κ1) is 10.3. The van der Waals surface area contributed by atoms with Crippen LogP contribution in [0.3, 0.4) is 0 Å². The second-order valence-electron chi connectivity index (χ2n) is 4.82. The van der Waals surface area contributed by atoms with Crippen molar-refractivity contribution < 1.29 is 0 Å². The molecule has 1 atom stereocenters. The summed E-state index contributed by atoms with van der Waals surface area (Å²) in [6.45, 7) is 4.44. The summed E-state index contributed by atoms with van der Waals surface area (Å²) >= 11 is 0. The van der Waals surface area contributed by atoms with Crippen LogP contribution in [0.4, 0.5) is 0 Å². The van der Waals surface area contributed by atoms with Gasteiger partial charge in [0.05, 0.1) is 0 Å². The molecule has 0 fully saturated rings. The van der Waals surface area contributed by atoms with Crippen LogP contribution in [0, 0.1) is 5.92 Å². The van der Waals surface area contributed by atoms with Crippen molar-refractivity contribution in [2.24, 2.45) is 5.92 Å². The largest absolute Gasteiger partial charge is 0.0743 e. The molecule has 0 heterocycles. The first-order valence-electron chi connectivity index (χ1n) is 6.14. The van der Waals surface area contributed by atoms with E-state index in [4.69, 9.17) is 0 Å². The van der Waals surface area contributed by atoms with E-state index in [2.05, 4.69) is 68.5 Å². The van der Waals surface area contributed by atoms with E-state index in [-0.39, 0.29) is 0 Å². The number of hydrogen-bond acceptors (Lipinski definition) is 0. The van der Waals surface area contributed by atoms with Gasteiger partial charge in [-0.15, -0.1) is 0 Å². The fraction of sp³-hybridized carbons (Fsp3) is 0.176. The molecule has 2 aromatic rings. The summed E-state index contributed by atoms with van der Waals surface area (Å²) in [5.74, 6) is 0.559. The topological polar surface area (TPSA) is 0 Å². The summed E-state index contributed by atoms with van der Waals surface area (Å²) in [5.41, 5.74) is 4.16. The minimum absolute atomic E-state index is 0.559. The normalized spacial score (nSPS) is 19.3. The maximum Gasteiger partial charge on any atom is -0.00666 e. The van der Waals surface area contributed by atoms with Crippen LogP contribution in [0.25, 0.3) is 16.3 Å². The molecular formula is C17H16. The lowest BCUT2D eigenvalue weighted by molar-refractivity contribution is 0.955. The van der Waals surface area contributed by atoms with Gasteiger partial charge in [0, 0.05) is 0 Å². The molecule has 0 spiro atoms. The van der Waals surface area contributed by atoms with Gasteiger partial charge in [0.25, 0.3) is 0 Å². The first-order valence-corrected chi connectivity index (χ1v) is 6.14. The Morgan fingerprint density at radius 3 is 2.41 bits per heavy atom. The predicted molar refractivity (Wildman–Crippen MR) is 74.8 cm³/mol. The van der Waals surface area contributed by atoms with Crippen LogP contribution >= 0.6 is 0 Å². The molecule has 0 radical (unpaired) electrons. The van der Waals surface area contributed by atoms with Crippen LogP contribution in [0.2, 0.25) is 0 Å². The van der Waals surface area contributed by atoms with Crippen LogP contribution in [0.15, 0.2) is 60.2 Å². The number of allylic oxidation sites excluding steroid dienone is 4. The zero-order valence-corrected chi connectivity index (χ0v) is 10.3. The fourth-order valence-electron chi connectivity index (χ4n) is 2.69. The van der Waals surface area contributed by atoms with Gasteiger partial charge in [0.2, 0.25) is 0 Å². The summed E-state index contributed by atoms with van der Waals surface area (Å²) in [7, 11) is 0. The Bertz CT molecular complexity index is 624. The number of rotatable bonds is 1. The van der Waals surface area contributed by atoms with E-state index in [0.717, 1.165) is 0 Å². The molecule has 0 bridgehead atoms. The Morgan fingerprint density at radius 2 is 1.65 bits per heavy atom. The Morgan fingerprint density at radius 1 is 0.882 bits per heavy atom. The third kappa shape index (κ3) is 1.70. The van der Waals surface area contributed by atoms with Gasteiger partial charge < -0.3 is 0 Å².